The number of carbonyl (C=O) groups excluding carboxylic acids is 1. The van der Waals surface area contributed by atoms with Crippen LogP contribution in [0, 0.1) is 5.82 Å². The summed E-state index contributed by atoms with van der Waals surface area (Å²) in [5.41, 5.74) is 0.213. The minimum atomic E-state index is -0.687. The Morgan fingerprint density at radius 2 is 2.05 bits per heavy atom. The van der Waals surface area contributed by atoms with E-state index < -0.39 is 11.7 Å². The van der Waals surface area contributed by atoms with Gasteiger partial charge >= 0.3 is 0 Å². The molecule has 0 fully saturated rings. The average Bonchev–Trinajstić information content (AvgIpc) is 2.43. The summed E-state index contributed by atoms with van der Waals surface area (Å²) >= 11 is 11.6. The zero-order chi connectivity index (χ0) is 14.7. The summed E-state index contributed by atoms with van der Waals surface area (Å²) in [5, 5.41) is 5.42. The third kappa shape index (κ3) is 3.00. The van der Waals surface area contributed by atoms with E-state index in [4.69, 9.17) is 23.2 Å². The molecule has 0 unspecified atom stereocenters. The molecule has 20 heavy (non-hydrogen) atoms. The van der Waals surface area contributed by atoms with Gasteiger partial charge in [0.2, 0.25) is 0 Å². The van der Waals surface area contributed by atoms with Crippen molar-refractivity contribution in [1.82, 2.24) is 4.98 Å². The lowest BCUT2D eigenvalue weighted by molar-refractivity contribution is 0.102. The molecule has 0 spiro atoms. The Kier molecular flexibility index (Phi) is 4.42. The molecule has 0 aliphatic rings. The van der Waals surface area contributed by atoms with Crippen LogP contribution >= 0.6 is 23.2 Å². The van der Waals surface area contributed by atoms with Crippen LogP contribution in [-0.2, 0) is 0 Å². The monoisotopic (exact) mass is 313 g/mol. The average molecular weight is 314 g/mol. The summed E-state index contributed by atoms with van der Waals surface area (Å²) < 4.78 is 13.7. The van der Waals surface area contributed by atoms with Crippen LogP contribution in [0.4, 0.5) is 15.9 Å². The van der Waals surface area contributed by atoms with Gasteiger partial charge in [-0.05, 0) is 18.2 Å². The van der Waals surface area contributed by atoms with E-state index in [1.807, 2.05) is 0 Å². The Labute approximate surface area is 124 Å². The molecule has 4 nitrogen and oxygen atoms in total. The predicted molar refractivity (Wildman–Crippen MR) is 78.2 cm³/mol. The van der Waals surface area contributed by atoms with Crippen molar-refractivity contribution in [3.05, 3.63) is 51.9 Å². The molecule has 1 heterocycles. The SMILES string of the molecule is CNc1ncc(C(=O)Nc2cccc(Cl)c2F)cc1Cl. The fraction of sp³-hybridized carbons (Fsp3) is 0.0769. The summed E-state index contributed by atoms with van der Waals surface area (Å²) in [7, 11) is 1.66. The summed E-state index contributed by atoms with van der Waals surface area (Å²) in [6.45, 7) is 0. The second-order valence-corrected chi connectivity index (χ2v) is 4.67. The highest BCUT2D eigenvalue weighted by atomic mass is 35.5. The lowest BCUT2D eigenvalue weighted by Gasteiger charge is -2.08. The summed E-state index contributed by atoms with van der Waals surface area (Å²) in [4.78, 5) is 16.0. The van der Waals surface area contributed by atoms with Gasteiger partial charge < -0.3 is 10.6 Å². The van der Waals surface area contributed by atoms with Gasteiger partial charge in [-0.25, -0.2) is 9.37 Å². The van der Waals surface area contributed by atoms with E-state index in [9.17, 15) is 9.18 Å². The molecule has 0 radical (unpaired) electrons. The summed E-state index contributed by atoms with van der Waals surface area (Å²) in [5.74, 6) is -0.756. The molecule has 1 amide bonds. The Morgan fingerprint density at radius 3 is 2.70 bits per heavy atom. The van der Waals surface area contributed by atoms with Gasteiger partial charge in [0.05, 0.1) is 21.3 Å². The molecule has 1 aromatic heterocycles. The lowest BCUT2D eigenvalue weighted by Crippen LogP contribution is -2.13. The second kappa shape index (κ2) is 6.07. The maximum atomic E-state index is 13.7. The topological polar surface area (TPSA) is 54.0 Å². The molecule has 0 saturated heterocycles. The number of benzene rings is 1. The molecule has 7 heteroatoms. The summed E-state index contributed by atoms with van der Waals surface area (Å²) in [6.07, 6.45) is 1.34. The quantitative estimate of drug-likeness (QED) is 0.905. The first kappa shape index (κ1) is 14.6. The highest BCUT2D eigenvalue weighted by Crippen LogP contribution is 2.24. The van der Waals surface area contributed by atoms with Crippen molar-refractivity contribution >= 4 is 40.6 Å². The van der Waals surface area contributed by atoms with Gasteiger partial charge in [-0.1, -0.05) is 29.3 Å². The number of anilines is 2. The molecular formula is C13H10Cl2FN3O. The zero-order valence-corrected chi connectivity index (χ0v) is 11.9. The van der Waals surface area contributed by atoms with Crippen molar-refractivity contribution in [2.24, 2.45) is 0 Å². The molecule has 2 rings (SSSR count). The molecular weight excluding hydrogens is 304 g/mol. The van der Waals surface area contributed by atoms with Crippen LogP contribution in [0.25, 0.3) is 0 Å². The number of hydrogen-bond acceptors (Lipinski definition) is 3. The fourth-order valence-corrected chi connectivity index (χ4v) is 1.98. The van der Waals surface area contributed by atoms with Gasteiger partial charge in [-0.15, -0.1) is 0 Å². The van der Waals surface area contributed by atoms with Crippen LogP contribution in [0.15, 0.2) is 30.5 Å². The largest absolute Gasteiger partial charge is 0.372 e. The Balaban J connectivity index is 2.24. The van der Waals surface area contributed by atoms with Crippen LogP contribution in [0.3, 0.4) is 0 Å². The van der Waals surface area contributed by atoms with E-state index in [-0.39, 0.29) is 16.3 Å². The Hall–Kier alpha value is -1.85. The van der Waals surface area contributed by atoms with Gasteiger partial charge in [-0.3, -0.25) is 4.79 Å². The van der Waals surface area contributed by atoms with E-state index in [1.54, 1.807) is 7.05 Å². The van der Waals surface area contributed by atoms with Crippen molar-refractivity contribution in [3.63, 3.8) is 0 Å². The van der Waals surface area contributed by atoms with Crippen molar-refractivity contribution in [3.8, 4) is 0 Å². The minimum Gasteiger partial charge on any atom is -0.372 e. The predicted octanol–water partition coefficient (Wildman–Crippen LogP) is 3.82. The maximum Gasteiger partial charge on any atom is 0.257 e. The molecule has 2 aromatic rings. The normalized spacial score (nSPS) is 10.2. The van der Waals surface area contributed by atoms with Crippen molar-refractivity contribution < 1.29 is 9.18 Å². The maximum absolute atomic E-state index is 13.7. The first-order valence-electron chi connectivity index (χ1n) is 5.61. The number of carbonyl (C=O) groups is 1. The van der Waals surface area contributed by atoms with Gasteiger partial charge in [0.25, 0.3) is 5.91 Å². The number of halogens is 3. The van der Waals surface area contributed by atoms with E-state index >= 15 is 0 Å². The van der Waals surface area contributed by atoms with Gasteiger partial charge in [-0.2, -0.15) is 0 Å². The van der Waals surface area contributed by atoms with Gasteiger partial charge in [0, 0.05) is 13.2 Å². The Bertz CT molecular complexity index is 664. The van der Waals surface area contributed by atoms with Crippen molar-refractivity contribution in [1.29, 1.82) is 0 Å². The summed E-state index contributed by atoms with van der Waals surface area (Å²) in [6, 6.07) is 5.79. The minimum absolute atomic E-state index is 0.00341. The fourth-order valence-electron chi connectivity index (χ4n) is 1.54. The molecule has 0 aliphatic carbocycles. The second-order valence-electron chi connectivity index (χ2n) is 3.86. The number of hydrogen-bond donors (Lipinski definition) is 2. The highest BCUT2D eigenvalue weighted by molar-refractivity contribution is 6.33. The highest BCUT2D eigenvalue weighted by Gasteiger charge is 2.13. The first-order chi connectivity index (χ1) is 9.52. The first-order valence-corrected chi connectivity index (χ1v) is 6.37. The zero-order valence-electron chi connectivity index (χ0n) is 10.4. The van der Waals surface area contributed by atoms with E-state index in [0.717, 1.165) is 0 Å². The molecule has 104 valence electrons. The number of pyridine rings is 1. The molecule has 1 aromatic carbocycles. The molecule has 0 bridgehead atoms. The van der Waals surface area contributed by atoms with Crippen LogP contribution in [-0.4, -0.2) is 17.9 Å². The number of nitrogens with one attached hydrogen (secondary N) is 2. The van der Waals surface area contributed by atoms with Crippen LogP contribution in [0.2, 0.25) is 10.0 Å². The molecule has 0 aliphatic heterocycles. The standard InChI is InChI=1S/C13H10Cl2FN3O/c1-17-12-9(15)5-7(6-18-12)13(20)19-10-4-2-3-8(14)11(10)16/h2-6H,1H3,(H,17,18)(H,19,20). The van der Waals surface area contributed by atoms with Crippen LogP contribution in [0.5, 0.6) is 0 Å². The van der Waals surface area contributed by atoms with Crippen molar-refractivity contribution in [2.75, 3.05) is 17.7 Å². The smallest absolute Gasteiger partial charge is 0.257 e. The Morgan fingerprint density at radius 1 is 1.30 bits per heavy atom. The molecule has 0 atom stereocenters. The number of rotatable bonds is 3. The van der Waals surface area contributed by atoms with Gasteiger partial charge in [0.15, 0.2) is 5.82 Å². The molecule has 2 N–H and O–H groups in total. The number of amides is 1. The number of aromatic nitrogens is 1. The third-order valence-electron chi connectivity index (χ3n) is 2.54. The van der Waals surface area contributed by atoms with E-state index in [0.29, 0.717) is 10.8 Å². The van der Waals surface area contributed by atoms with Crippen LogP contribution in [0.1, 0.15) is 10.4 Å². The van der Waals surface area contributed by atoms with E-state index in [2.05, 4.69) is 15.6 Å². The van der Waals surface area contributed by atoms with Gasteiger partial charge in [0.1, 0.15) is 5.82 Å². The van der Waals surface area contributed by atoms with E-state index in [1.165, 1.54) is 30.5 Å². The number of nitrogens with zero attached hydrogens (tertiary/aromatic N) is 1. The third-order valence-corrected chi connectivity index (χ3v) is 3.12. The molecule has 0 saturated carbocycles. The van der Waals surface area contributed by atoms with Crippen LogP contribution < -0.4 is 10.6 Å². The van der Waals surface area contributed by atoms with Crippen molar-refractivity contribution in [2.45, 2.75) is 0 Å². The lowest BCUT2D eigenvalue weighted by atomic mass is 10.2.